The number of carboxylic acid groups (broad SMARTS) is 1. The van der Waals surface area contributed by atoms with Gasteiger partial charge in [-0.05, 0) is 79.3 Å². The van der Waals surface area contributed by atoms with Gasteiger partial charge in [-0.15, -0.1) is 0 Å². The highest BCUT2D eigenvalue weighted by Crippen LogP contribution is 2.43. The molecule has 1 aromatic heterocycles. The van der Waals surface area contributed by atoms with Gasteiger partial charge in [-0.3, -0.25) is 9.69 Å². The van der Waals surface area contributed by atoms with Gasteiger partial charge < -0.3 is 19.5 Å². The van der Waals surface area contributed by atoms with Crippen molar-refractivity contribution in [3.05, 3.63) is 76.0 Å². The summed E-state index contributed by atoms with van der Waals surface area (Å²) >= 11 is 0. The lowest BCUT2D eigenvalue weighted by Crippen LogP contribution is -2.38. The third-order valence-electron chi connectivity index (χ3n) is 9.27. The van der Waals surface area contributed by atoms with Crippen molar-refractivity contribution < 1.29 is 50.5 Å². The van der Waals surface area contributed by atoms with Crippen LogP contribution >= 0.6 is 0 Å². The second kappa shape index (κ2) is 12.8. The number of hydrogen-bond acceptors (Lipinski definition) is 6. The summed E-state index contributed by atoms with van der Waals surface area (Å²) in [5.41, 5.74) is -0.388. The topological polar surface area (TPSA) is 92.2 Å². The summed E-state index contributed by atoms with van der Waals surface area (Å²) in [7, 11) is 1.48. The molecule has 14 heteroatoms. The molecule has 1 N–H and O–H groups in total. The molecule has 2 saturated heterocycles. The number of rotatable bonds is 9. The second-order valence-corrected chi connectivity index (χ2v) is 12.3. The van der Waals surface area contributed by atoms with Crippen LogP contribution in [0.4, 0.5) is 37.0 Å². The Labute approximate surface area is 273 Å². The molecule has 0 bridgehead atoms. The van der Waals surface area contributed by atoms with E-state index in [4.69, 9.17) is 14.5 Å². The van der Waals surface area contributed by atoms with E-state index in [1.807, 2.05) is 24.0 Å². The fourth-order valence-corrected chi connectivity index (χ4v) is 6.08. The van der Waals surface area contributed by atoms with Gasteiger partial charge in [-0.1, -0.05) is 19.9 Å². The lowest BCUT2D eigenvalue weighted by Gasteiger charge is -2.33. The number of hydrogen-bond donors (Lipinski definition) is 1. The smallest absolute Gasteiger partial charge is 0.416 e. The van der Waals surface area contributed by atoms with Crippen molar-refractivity contribution in [2.45, 2.75) is 71.1 Å². The summed E-state index contributed by atoms with van der Waals surface area (Å²) < 4.78 is 92.9. The molecule has 0 radical (unpaired) electrons. The van der Waals surface area contributed by atoms with Crippen LogP contribution in [0.25, 0.3) is 11.1 Å². The van der Waals surface area contributed by atoms with Crippen LogP contribution in [0.2, 0.25) is 0 Å². The summed E-state index contributed by atoms with van der Waals surface area (Å²) in [6, 6.07) is 7.40. The van der Waals surface area contributed by atoms with Gasteiger partial charge in [-0.25, -0.2) is 9.78 Å². The Kier molecular flexibility index (Phi) is 9.32. The molecule has 0 saturated carbocycles. The van der Waals surface area contributed by atoms with E-state index in [-0.39, 0.29) is 18.5 Å². The maximum atomic E-state index is 13.6. The molecule has 2 aliphatic rings. The number of ether oxygens (including phenoxy) is 2. The van der Waals surface area contributed by atoms with Crippen LogP contribution < -0.4 is 9.64 Å². The highest BCUT2D eigenvalue weighted by atomic mass is 19.4. The summed E-state index contributed by atoms with van der Waals surface area (Å²) in [6.07, 6.45) is -11.5. The lowest BCUT2D eigenvalue weighted by atomic mass is 9.86. The number of methoxy groups -OCH3 is 1. The third kappa shape index (κ3) is 6.74. The number of carbonyl (C=O) groups is 2. The standard InChI is InChI=1S/C34H35F6N3O5/c1-17-11-28(42-9-6-10-42)41-26(29(17)25-14-21(7-8-27(25)47-5)18(2)19(3)31(44)45)16-43-20(4)30(48-32(43)46)22-12-23(33(35,36)37)15-24(13-22)34(38,39)40/h7-8,11-15,18-20,30H,6,9-10,16H2,1-5H3,(H,44,45)/t18-,19-,20-,30-/m0/s1. The van der Waals surface area contributed by atoms with Crippen LogP contribution in [0.1, 0.15) is 72.7 Å². The average molecular weight is 680 g/mol. The Hall–Kier alpha value is -4.49. The van der Waals surface area contributed by atoms with Crippen molar-refractivity contribution in [2.75, 3.05) is 25.1 Å². The van der Waals surface area contributed by atoms with Gasteiger partial charge in [0.1, 0.15) is 17.7 Å². The number of nitrogens with zero attached hydrogens (tertiary/aromatic N) is 3. The number of alkyl halides is 6. The molecule has 4 atom stereocenters. The summed E-state index contributed by atoms with van der Waals surface area (Å²) in [4.78, 5) is 33.2. The first-order chi connectivity index (χ1) is 22.4. The molecule has 0 spiro atoms. The number of aryl methyl sites for hydroxylation is 1. The summed E-state index contributed by atoms with van der Waals surface area (Å²) in [5.74, 6) is -0.950. The Morgan fingerprint density at radius 3 is 2.19 bits per heavy atom. The number of halogens is 6. The van der Waals surface area contributed by atoms with E-state index >= 15 is 0 Å². The van der Waals surface area contributed by atoms with E-state index in [0.717, 1.165) is 30.6 Å². The molecule has 8 nitrogen and oxygen atoms in total. The van der Waals surface area contributed by atoms with E-state index in [1.165, 1.54) is 18.9 Å². The van der Waals surface area contributed by atoms with Crippen LogP contribution in [0.15, 0.2) is 42.5 Å². The van der Waals surface area contributed by atoms with Crippen molar-refractivity contribution in [3.8, 4) is 16.9 Å². The van der Waals surface area contributed by atoms with E-state index in [1.54, 1.807) is 26.0 Å². The van der Waals surface area contributed by atoms with Gasteiger partial charge >= 0.3 is 24.4 Å². The molecule has 2 fully saturated rings. The Bertz CT molecular complexity index is 1690. The number of carboxylic acids is 1. The molecule has 1 amide bonds. The number of amides is 1. The fourth-order valence-electron chi connectivity index (χ4n) is 6.08. The van der Waals surface area contributed by atoms with Gasteiger partial charge in [0.25, 0.3) is 0 Å². The largest absolute Gasteiger partial charge is 0.496 e. The zero-order valence-electron chi connectivity index (χ0n) is 26.9. The zero-order valence-corrected chi connectivity index (χ0v) is 26.9. The van der Waals surface area contributed by atoms with Crippen molar-refractivity contribution in [3.63, 3.8) is 0 Å². The number of aliphatic carboxylic acids is 1. The number of cyclic esters (lactones) is 1. The maximum Gasteiger partial charge on any atom is 0.416 e. The first-order valence-corrected chi connectivity index (χ1v) is 15.3. The molecular formula is C34H35F6N3O5. The van der Waals surface area contributed by atoms with Gasteiger partial charge in [0.15, 0.2) is 0 Å². The SMILES string of the molecule is COc1ccc([C@@H](C)[C@H](C)C(=O)O)cc1-c1c(C)cc(N2CCC2)nc1CN1C(=O)O[C@H](c2cc(C(F)(F)F)cc(C(F)(F)F)c2)[C@@H]1C. The van der Waals surface area contributed by atoms with Crippen molar-refractivity contribution in [1.82, 2.24) is 9.88 Å². The van der Waals surface area contributed by atoms with Gasteiger partial charge in [0.2, 0.25) is 0 Å². The van der Waals surface area contributed by atoms with Crippen molar-refractivity contribution in [2.24, 2.45) is 5.92 Å². The maximum absolute atomic E-state index is 13.6. The predicted molar refractivity (Wildman–Crippen MR) is 164 cm³/mol. The van der Waals surface area contributed by atoms with Crippen LogP contribution in [0.3, 0.4) is 0 Å². The second-order valence-electron chi connectivity index (χ2n) is 12.3. The Balaban J connectivity index is 1.59. The summed E-state index contributed by atoms with van der Waals surface area (Å²) in [5, 5.41) is 9.62. The number of aromatic nitrogens is 1. The third-order valence-corrected chi connectivity index (χ3v) is 9.27. The van der Waals surface area contributed by atoms with Crippen LogP contribution in [0.5, 0.6) is 5.75 Å². The van der Waals surface area contributed by atoms with Gasteiger partial charge in [-0.2, -0.15) is 26.3 Å². The predicted octanol–water partition coefficient (Wildman–Crippen LogP) is 8.22. The van der Waals surface area contributed by atoms with Gasteiger partial charge in [0, 0.05) is 24.2 Å². The Morgan fingerprint density at radius 2 is 1.67 bits per heavy atom. The number of anilines is 1. The van der Waals surface area contributed by atoms with E-state index in [0.29, 0.717) is 40.5 Å². The van der Waals surface area contributed by atoms with Crippen LogP contribution in [-0.2, 0) is 28.4 Å². The minimum atomic E-state index is -5.07. The minimum absolute atomic E-state index is 0.0303. The normalized spacial score (nSPS) is 19.5. The number of carbonyl (C=O) groups excluding carboxylic acids is 1. The van der Waals surface area contributed by atoms with E-state index in [2.05, 4.69) is 0 Å². The number of pyridine rings is 1. The molecule has 5 rings (SSSR count). The zero-order chi connectivity index (χ0) is 35.3. The molecule has 2 aromatic carbocycles. The first kappa shape index (κ1) is 34.8. The van der Waals surface area contributed by atoms with E-state index < -0.39 is 59.2 Å². The highest BCUT2D eigenvalue weighted by molar-refractivity contribution is 5.79. The van der Waals surface area contributed by atoms with Crippen LogP contribution in [0, 0.1) is 12.8 Å². The molecule has 3 heterocycles. The van der Waals surface area contributed by atoms with Crippen LogP contribution in [-0.4, -0.2) is 53.3 Å². The van der Waals surface area contributed by atoms with Crippen molar-refractivity contribution >= 4 is 17.9 Å². The van der Waals surface area contributed by atoms with E-state index in [9.17, 15) is 41.0 Å². The Morgan fingerprint density at radius 1 is 1.04 bits per heavy atom. The lowest BCUT2D eigenvalue weighted by molar-refractivity contribution is -0.144. The quantitative estimate of drug-likeness (QED) is 0.228. The summed E-state index contributed by atoms with van der Waals surface area (Å²) in [6.45, 7) is 8.08. The molecule has 0 aliphatic carbocycles. The molecule has 48 heavy (non-hydrogen) atoms. The minimum Gasteiger partial charge on any atom is -0.496 e. The van der Waals surface area contributed by atoms with Gasteiger partial charge in [0.05, 0.1) is 42.4 Å². The molecular weight excluding hydrogens is 644 g/mol. The fraction of sp³-hybridized carbons (Fsp3) is 0.441. The monoisotopic (exact) mass is 679 g/mol. The first-order valence-electron chi connectivity index (χ1n) is 15.3. The molecule has 3 aromatic rings. The molecule has 258 valence electrons. The number of benzene rings is 2. The highest BCUT2D eigenvalue weighted by Gasteiger charge is 2.44. The molecule has 2 aliphatic heterocycles. The molecule has 0 unspecified atom stereocenters. The average Bonchev–Trinajstić information content (AvgIpc) is 3.26. The van der Waals surface area contributed by atoms with Crippen molar-refractivity contribution in [1.29, 1.82) is 0 Å².